The second kappa shape index (κ2) is 43.0. The normalized spacial score (nSPS) is 13.3. The van der Waals surface area contributed by atoms with Crippen LogP contribution in [0.15, 0.2) is 24.3 Å². The van der Waals surface area contributed by atoms with E-state index in [4.69, 9.17) is 27.8 Å². The first-order valence-corrected chi connectivity index (χ1v) is 26.5. The van der Waals surface area contributed by atoms with Gasteiger partial charge in [0, 0.05) is 12.8 Å². The standard InChI is InChI=1S/C50H93NO12P/c1-7-9-11-13-15-17-19-21-23-25-27-29-31-33-35-37-48(53)58-43-46(63-50(55)38-36-34-32-30-28-26-24-22-20-18-16-14-12-10-8-2)44-61-64(56,60-42-41-51(3,4)5)62-45-59-49(54)40-39-47(52)57-6/h21-24,46H,7-20,25-45H2,1-6H3/q+1. The van der Waals surface area contributed by atoms with Crippen molar-refractivity contribution in [2.45, 2.75) is 213 Å². The van der Waals surface area contributed by atoms with Crippen molar-refractivity contribution in [3.05, 3.63) is 24.3 Å². The Bertz CT molecular complexity index is 1270. The molecule has 374 valence electrons. The van der Waals surface area contributed by atoms with Gasteiger partial charge in [0.15, 0.2) is 6.10 Å². The first-order valence-electron chi connectivity index (χ1n) is 25.1. The van der Waals surface area contributed by atoms with Crippen LogP contribution >= 0.6 is 7.82 Å². The molecule has 14 heteroatoms. The molecule has 0 N–H and O–H groups in total. The number of hydrogen-bond acceptors (Lipinski definition) is 12. The van der Waals surface area contributed by atoms with E-state index in [0.717, 1.165) is 77.0 Å². The highest BCUT2D eigenvalue weighted by molar-refractivity contribution is 7.48. The summed E-state index contributed by atoms with van der Waals surface area (Å²) in [5, 5.41) is 0. The third-order valence-corrected chi connectivity index (χ3v) is 12.0. The molecule has 0 spiro atoms. The van der Waals surface area contributed by atoms with Crippen molar-refractivity contribution in [3.8, 4) is 0 Å². The Kier molecular flexibility index (Phi) is 41.3. The van der Waals surface area contributed by atoms with E-state index in [2.05, 4.69) is 42.9 Å². The molecule has 0 aliphatic heterocycles. The van der Waals surface area contributed by atoms with Gasteiger partial charge in [0.2, 0.25) is 6.79 Å². The minimum Gasteiger partial charge on any atom is -0.469 e. The van der Waals surface area contributed by atoms with Gasteiger partial charge in [-0.2, -0.15) is 0 Å². The molecule has 0 rings (SSSR count). The molecule has 0 aliphatic carbocycles. The van der Waals surface area contributed by atoms with E-state index < -0.39 is 51.2 Å². The maximum atomic E-state index is 13.7. The lowest BCUT2D eigenvalue weighted by Crippen LogP contribution is -2.37. The number of methoxy groups -OCH3 is 1. The summed E-state index contributed by atoms with van der Waals surface area (Å²) in [7, 11) is 2.62. The molecule has 0 fully saturated rings. The molecule has 2 atom stereocenters. The summed E-state index contributed by atoms with van der Waals surface area (Å²) in [4.78, 5) is 49.3. The van der Waals surface area contributed by atoms with Gasteiger partial charge in [-0.25, -0.2) is 9.09 Å². The van der Waals surface area contributed by atoms with Crippen LogP contribution in [0.4, 0.5) is 0 Å². The van der Waals surface area contributed by atoms with Crippen LogP contribution in [-0.2, 0) is 56.3 Å². The van der Waals surface area contributed by atoms with Crippen molar-refractivity contribution in [1.82, 2.24) is 0 Å². The summed E-state index contributed by atoms with van der Waals surface area (Å²) in [5.74, 6) is -2.26. The average Bonchev–Trinajstić information content (AvgIpc) is 3.26. The predicted octanol–water partition coefficient (Wildman–Crippen LogP) is 12.8. The number of likely N-dealkylation sites (N-methyl/N-ethyl adjacent to an activating group) is 1. The van der Waals surface area contributed by atoms with Gasteiger partial charge >= 0.3 is 31.7 Å². The number of carbonyl (C=O) groups excluding carboxylic acids is 4. The minimum atomic E-state index is -4.37. The van der Waals surface area contributed by atoms with E-state index in [9.17, 15) is 23.7 Å². The highest BCUT2D eigenvalue weighted by Gasteiger charge is 2.31. The van der Waals surface area contributed by atoms with Gasteiger partial charge in [0.25, 0.3) is 0 Å². The molecule has 0 aromatic rings. The van der Waals surface area contributed by atoms with Gasteiger partial charge in [0.1, 0.15) is 19.8 Å². The van der Waals surface area contributed by atoms with E-state index in [1.54, 1.807) is 0 Å². The van der Waals surface area contributed by atoms with Crippen LogP contribution in [0.5, 0.6) is 0 Å². The summed E-state index contributed by atoms with van der Waals surface area (Å²) < 4.78 is 51.4. The second-order valence-electron chi connectivity index (χ2n) is 17.9. The molecule has 2 unspecified atom stereocenters. The molecule has 13 nitrogen and oxygen atoms in total. The van der Waals surface area contributed by atoms with Gasteiger partial charge in [-0.15, -0.1) is 0 Å². The van der Waals surface area contributed by atoms with Crippen molar-refractivity contribution in [2.75, 3.05) is 61.4 Å². The van der Waals surface area contributed by atoms with E-state index in [0.29, 0.717) is 23.9 Å². The molecule has 0 saturated heterocycles. The fourth-order valence-electron chi connectivity index (χ4n) is 6.55. The lowest BCUT2D eigenvalue weighted by molar-refractivity contribution is -0.870. The van der Waals surface area contributed by atoms with Crippen molar-refractivity contribution in [3.63, 3.8) is 0 Å². The predicted molar refractivity (Wildman–Crippen MR) is 255 cm³/mol. The van der Waals surface area contributed by atoms with Crippen LogP contribution in [0, 0.1) is 0 Å². The van der Waals surface area contributed by atoms with Gasteiger partial charge < -0.3 is 23.4 Å². The number of phosphoric acid groups is 1. The van der Waals surface area contributed by atoms with Crippen LogP contribution in [0.1, 0.15) is 206 Å². The Morgan fingerprint density at radius 2 is 0.906 bits per heavy atom. The Morgan fingerprint density at radius 3 is 1.38 bits per heavy atom. The van der Waals surface area contributed by atoms with E-state index in [1.807, 2.05) is 21.1 Å². The number of unbranched alkanes of at least 4 members (excludes halogenated alkanes) is 22. The monoisotopic (exact) mass is 931 g/mol. The lowest BCUT2D eigenvalue weighted by Gasteiger charge is -2.25. The Labute approximate surface area is 389 Å². The minimum absolute atomic E-state index is 0.0259. The quantitative estimate of drug-likeness (QED) is 0.0109. The van der Waals surface area contributed by atoms with Crippen molar-refractivity contribution in [1.29, 1.82) is 0 Å². The fourth-order valence-corrected chi connectivity index (χ4v) is 7.61. The molecule has 0 amide bonds. The van der Waals surface area contributed by atoms with Crippen molar-refractivity contribution >= 4 is 31.7 Å². The lowest BCUT2D eigenvalue weighted by atomic mass is 10.1. The largest absolute Gasteiger partial charge is 0.478 e. The molecule has 0 aromatic heterocycles. The number of rotatable bonds is 46. The van der Waals surface area contributed by atoms with Gasteiger partial charge in [-0.1, -0.05) is 141 Å². The van der Waals surface area contributed by atoms with E-state index in [1.165, 1.54) is 84.2 Å². The van der Waals surface area contributed by atoms with Crippen LogP contribution in [0.25, 0.3) is 0 Å². The number of allylic oxidation sites excluding steroid dienone is 4. The topological polar surface area (TPSA) is 150 Å². The highest BCUT2D eigenvalue weighted by Crippen LogP contribution is 2.49. The van der Waals surface area contributed by atoms with Crippen molar-refractivity contribution < 1.29 is 60.7 Å². The summed E-state index contributed by atoms with van der Waals surface area (Å²) in [6, 6.07) is 0. The number of esters is 4. The van der Waals surface area contributed by atoms with Crippen LogP contribution < -0.4 is 0 Å². The van der Waals surface area contributed by atoms with Gasteiger partial charge in [0.05, 0.1) is 47.7 Å². The Hall–Kier alpha value is -2.57. The van der Waals surface area contributed by atoms with Crippen molar-refractivity contribution in [2.24, 2.45) is 0 Å². The molecule has 0 heterocycles. The summed E-state index contributed by atoms with van der Waals surface area (Å²) in [6.07, 6.45) is 37.9. The highest BCUT2D eigenvalue weighted by atomic mass is 31.2. The first kappa shape index (κ1) is 61.4. The third-order valence-electron chi connectivity index (χ3n) is 10.6. The van der Waals surface area contributed by atoms with Gasteiger partial charge in [-0.3, -0.25) is 28.2 Å². The Morgan fingerprint density at radius 1 is 0.484 bits per heavy atom. The number of carbonyl (C=O) groups is 4. The number of phosphoric ester groups is 1. The average molecular weight is 931 g/mol. The zero-order valence-electron chi connectivity index (χ0n) is 41.4. The number of quaternary nitrogens is 1. The van der Waals surface area contributed by atoms with E-state index >= 15 is 0 Å². The molecule has 0 bridgehead atoms. The van der Waals surface area contributed by atoms with Gasteiger partial charge in [-0.05, 0) is 64.2 Å². The zero-order chi connectivity index (χ0) is 47.4. The second-order valence-corrected chi connectivity index (χ2v) is 19.6. The SMILES string of the molecule is CCCCCCCCC=CCCCCCCCC(=O)OCC(COP(=O)(OCC[N+](C)(C)C)OCOC(=O)CCC(=O)OC)OC(=O)CCCCCCCC=CCCCCCCCC. The Balaban J connectivity index is 5.03. The third kappa shape index (κ3) is 43.3. The molecule has 0 aromatic carbocycles. The molecule has 0 aliphatic rings. The molecule has 0 radical (unpaired) electrons. The number of hydrogen-bond donors (Lipinski definition) is 0. The van der Waals surface area contributed by atoms with Crippen LogP contribution in [0.2, 0.25) is 0 Å². The first-order chi connectivity index (χ1) is 30.8. The van der Waals surface area contributed by atoms with Crippen LogP contribution in [-0.4, -0.2) is 95.9 Å². The zero-order valence-corrected chi connectivity index (χ0v) is 42.3. The molecular weight excluding hydrogens is 838 g/mol. The maximum absolute atomic E-state index is 13.7. The number of nitrogens with zero attached hydrogens (tertiary/aromatic N) is 1. The van der Waals surface area contributed by atoms with E-state index in [-0.39, 0.29) is 38.9 Å². The fraction of sp³-hybridized carbons (Fsp3) is 0.840. The number of ether oxygens (including phenoxy) is 4. The summed E-state index contributed by atoms with van der Waals surface area (Å²) >= 11 is 0. The summed E-state index contributed by atoms with van der Waals surface area (Å²) in [5.41, 5.74) is 0. The summed E-state index contributed by atoms with van der Waals surface area (Å²) in [6.45, 7) is 3.37. The van der Waals surface area contributed by atoms with Crippen LogP contribution in [0.3, 0.4) is 0 Å². The maximum Gasteiger partial charge on any atom is 0.478 e. The molecule has 64 heavy (non-hydrogen) atoms. The molecule has 0 saturated carbocycles. The molecular formula is C50H93NO12P+. The smallest absolute Gasteiger partial charge is 0.469 e.